The SMILES string of the molecule is CCCNCC(CC)(CC)CN(CC)CCCO. The standard InChI is InChI=1S/C15H34N2O/c1-5-10-16-13-15(6-2,7-3)14-17(8-4)11-9-12-18/h16,18H,5-14H2,1-4H3. The average molecular weight is 258 g/mol. The van der Waals surface area contributed by atoms with Crippen LogP contribution in [0.3, 0.4) is 0 Å². The minimum atomic E-state index is 0.301. The van der Waals surface area contributed by atoms with Crippen LogP contribution in [0.25, 0.3) is 0 Å². The van der Waals surface area contributed by atoms with Crippen molar-refractivity contribution in [1.29, 1.82) is 0 Å². The number of hydrogen-bond donors (Lipinski definition) is 2. The second kappa shape index (κ2) is 10.8. The Bertz CT molecular complexity index is 181. The minimum Gasteiger partial charge on any atom is -0.396 e. The summed E-state index contributed by atoms with van der Waals surface area (Å²) in [5.41, 5.74) is 0.390. The first kappa shape index (κ1) is 17.9. The molecule has 0 unspecified atom stereocenters. The van der Waals surface area contributed by atoms with Gasteiger partial charge in [-0.1, -0.05) is 27.7 Å². The molecule has 0 aliphatic heterocycles. The van der Waals surface area contributed by atoms with Crippen LogP contribution in [0.4, 0.5) is 0 Å². The Kier molecular flexibility index (Phi) is 10.7. The van der Waals surface area contributed by atoms with Crippen molar-refractivity contribution in [3.63, 3.8) is 0 Å². The summed E-state index contributed by atoms with van der Waals surface area (Å²) in [4.78, 5) is 2.48. The topological polar surface area (TPSA) is 35.5 Å². The molecule has 2 N–H and O–H groups in total. The van der Waals surface area contributed by atoms with E-state index in [4.69, 9.17) is 5.11 Å². The highest BCUT2D eigenvalue weighted by atomic mass is 16.3. The van der Waals surface area contributed by atoms with Crippen LogP contribution in [-0.2, 0) is 0 Å². The zero-order valence-corrected chi connectivity index (χ0v) is 13.0. The van der Waals surface area contributed by atoms with Gasteiger partial charge in [0.15, 0.2) is 0 Å². The first-order valence-corrected chi connectivity index (χ1v) is 7.71. The van der Waals surface area contributed by atoms with E-state index < -0.39 is 0 Å². The zero-order valence-electron chi connectivity index (χ0n) is 13.0. The third-order valence-corrected chi connectivity index (χ3v) is 4.07. The third kappa shape index (κ3) is 6.72. The van der Waals surface area contributed by atoms with Gasteiger partial charge in [0.2, 0.25) is 0 Å². The van der Waals surface area contributed by atoms with Crippen LogP contribution >= 0.6 is 0 Å². The van der Waals surface area contributed by atoms with Gasteiger partial charge in [0, 0.05) is 26.2 Å². The van der Waals surface area contributed by atoms with E-state index in [1.807, 2.05) is 0 Å². The van der Waals surface area contributed by atoms with E-state index in [0.717, 1.165) is 39.1 Å². The summed E-state index contributed by atoms with van der Waals surface area (Å²) in [5.74, 6) is 0. The fourth-order valence-electron chi connectivity index (χ4n) is 2.43. The van der Waals surface area contributed by atoms with Crippen LogP contribution in [0.5, 0.6) is 0 Å². The molecule has 0 aromatic carbocycles. The lowest BCUT2D eigenvalue weighted by molar-refractivity contribution is 0.130. The molecular formula is C15H34N2O. The Morgan fingerprint density at radius 2 is 1.78 bits per heavy atom. The highest BCUT2D eigenvalue weighted by Gasteiger charge is 2.27. The summed E-state index contributed by atoms with van der Waals surface area (Å²) in [7, 11) is 0. The predicted molar refractivity (Wildman–Crippen MR) is 80.0 cm³/mol. The molecular weight excluding hydrogens is 224 g/mol. The summed E-state index contributed by atoms with van der Waals surface area (Å²) in [5, 5.41) is 12.5. The Labute approximate surface area is 114 Å². The fourth-order valence-corrected chi connectivity index (χ4v) is 2.43. The van der Waals surface area contributed by atoms with Crippen molar-refractivity contribution in [2.75, 3.05) is 39.3 Å². The van der Waals surface area contributed by atoms with Gasteiger partial charge >= 0.3 is 0 Å². The molecule has 0 amide bonds. The maximum absolute atomic E-state index is 8.96. The largest absolute Gasteiger partial charge is 0.396 e. The van der Waals surface area contributed by atoms with Crippen molar-refractivity contribution < 1.29 is 5.11 Å². The van der Waals surface area contributed by atoms with Crippen LogP contribution in [0, 0.1) is 5.41 Å². The molecule has 0 aliphatic rings. The van der Waals surface area contributed by atoms with Gasteiger partial charge in [0.05, 0.1) is 0 Å². The van der Waals surface area contributed by atoms with E-state index in [1.165, 1.54) is 19.3 Å². The molecule has 0 radical (unpaired) electrons. The van der Waals surface area contributed by atoms with E-state index in [9.17, 15) is 0 Å². The highest BCUT2D eigenvalue weighted by molar-refractivity contribution is 4.82. The highest BCUT2D eigenvalue weighted by Crippen LogP contribution is 2.27. The molecule has 18 heavy (non-hydrogen) atoms. The Morgan fingerprint density at radius 3 is 2.22 bits per heavy atom. The number of nitrogens with zero attached hydrogens (tertiary/aromatic N) is 1. The lowest BCUT2D eigenvalue weighted by Crippen LogP contribution is -2.44. The van der Waals surface area contributed by atoms with Gasteiger partial charge in [0.25, 0.3) is 0 Å². The molecule has 0 fully saturated rings. The van der Waals surface area contributed by atoms with E-state index >= 15 is 0 Å². The molecule has 0 rings (SSSR count). The van der Waals surface area contributed by atoms with Gasteiger partial charge in [-0.15, -0.1) is 0 Å². The second-order valence-corrected chi connectivity index (χ2v) is 5.33. The van der Waals surface area contributed by atoms with Gasteiger partial charge in [0.1, 0.15) is 0 Å². The van der Waals surface area contributed by atoms with Crippen molar-refractivity contribution in [2.45, 2.75) is 53.4 Å². The third-order valence-electron chi connectivity index (χ3n) is 4.07. The molecule has 0 bridgehead atoms. The van der Waals surface area contributed by atoms with Crippen LogP contribution in [0.2, 0.25) is 0 Å². The lowest BCUT2D eigenvalue weighted by Gasteiger charge is -2.37. The summed E-state index contributed by atoms with van der Waals surface area (Å²) in [6.45, 7) is 14.8. The van der Waals surface area contributed by atoms with Crippen molar-refractivity contribution in [1.82, 2.24) is 10.2 Å². The van der Waals surface area contributed by atoms with Gasteiger partial charge in [-0.05, 0) is 44.2 Å². The molecule has 0 heterocycles. The Balaban J connectivity index is 4.35. The molecule has 0 atom stereocenters. The Morgan fingerprint density at radius 1 is 1.11 bits per heavy atom. The number of nitrogens with one attached hydrogen (secondary N) is 1. The molecule has 0 aliphatic carbocycles. The second-order valence-electron chi connectivity index (χ2n) is 5.33. The van der Waals surface area contributed by atoms with E-state index in [1.54, 1.807) is 0 Å². The van der Waals surface area contributed by atoms with Gasteiger partial charge in [-0.25, -0.2) is 0 Å². The molecule has 3 heteroatoms. The number of aliphatic hydroxyl groups excluding tert-OH is 1. The van der Waals surface area contributed by atoms with E-state index in [0.29, 0.717) is 12.0 Å². The van der Waals surface area contributed by atoms with Crippen LogP contribution in [0.15, 0.2) is 0 Å². The van der Waals surface area contributed by atoms with Gasteiger partial charge in [-0.2, -0.15) is 0 Å². The number of hydrogen-bond acceptors (Lipinski definition) is 3. The number of aliphatic hydroxyl groups is 1. The normalized spacial score (nSPS) is 12.3. The van der Waals surface area contributed by atoms with Gasteiger partial charge in [-0.3, -0.25) is 0 Å². The molecule has 110 valence electrons. The molecule has 0 spiro atoms. The molecule has 0 saturated carbocycles. The molecule has 3 nitrogen and oxygen atoms in total. The molecule has 0 saturated heterocycles. The van der Waals surface area contributed by atoms with E-state index in [-0.39, 0.29) is 0 Å². The quantitative estimate of drug-likeness (QED) is 0.528. The fraction of sp³-hybridized carbons (Fsp3) is 1.00. The first-order chi connectivity index (χ1) is 8.67. The van der Waals surface area contributed by atoms with Crippen LogP contribution in [0.1, 0.15) is 53.4 Å². The van der Waals surface area contributed by atoms with Crippen LogP contribution < -0.4 is 5.32 Å². The van der Waals surface area contributed by atoms with Crippen molar-refractivity contribution in [2.24, 2.45) is 5.41 Å². The maximum Gasteiger partial charge on any atom is 0.0443 e. The Hall–Kier alpha value is -0.120. The lowest BCUT2D eigenvalue weighted by atomic mass is 9.81. The average Bonchev–Trinajstić information content (AvgIpc) is 2.42. The smallest absolute Gasteiger partial charge is 0.0443 e. The monoisotopic (exact) mass is 258 g/mol. The van der Waals surface area contributed by atoms with E-state index in [2.05, 4.69) is 37.9 Å². The van der Waals surface area contributed by atoms with Gasteiger partial charge < -0.3 is 15.3 Å². The summed E-state index contributed by atoms with van der Waals surface area (Å²) in [6.07, 6.45) is 4.52. The van der Waals surface area contributed by atoms with Crippen molar-refractivity contribution in [3.05, 3.63) is 0 Å². The molecule has 0 aromatic rings. The zero-order chi connectivity index (χ0) is 13.9. The van der Waals surface area contributed by atoms with Crippen molar-refractivity contribution >= 4 is 0 Å². The molecule has 0 aromatic heterocycles. The summed E-state index contributed by atoms with van der Waals surface area (Å²) >= 11 is 0. The summed E-state index contributed by atoms with van der Waals surface area (Å²) in [6, 6.07) is 0. The number of rotatable bonds is 12. The minimum absolute atomic E-state index is 0.301. The first-order valence-electron chi connectivity index (χ1n) is 7.71. The predicted octanol–water partition coefficient (Wildman–Crippen LogP) is 2.50. The summed E-state index contributed by atoms with van der Waals surface area (Å²) < 4.78 is 0. The maximum atomic E-state index is 8.96. The van der Waals surface area contributed by atoms with Crippen LogP contribution in [-0.4, -0.2) is 49.3 Å². The van der Waals surface area contributed by atoms with Crippen molar-refractivity contribution in [3.8, 4) is 0 Å².